The van der Waals surface area contributed by atoms with Crippen LogP contribution >= 0.6 is 0 Å². The number of carbonyl (C=O) groups excluding carboxylic acids is 1. The maximum atomic E-state index is 12.1. The summed E-state index contributed by atoms with van der Waals surface area (Å²) < 4.78 is 10.7. The Morgan fingerprint density at radius 2 is 2.29 bits per heavy atom. The van der Waals surface area contributed by atoms with Gasteiger partial charge in [-0.05, 0) is 43.7 Å². The normalized spacial score (nSPS) is 15.1. The summed E-state index contributed by atoms with van der Waals surface area (Å²) in [5, 5.41) is 0. The zero-order valence-electron chi connectivity index (χ0n) is 14.1. The van der Waals surface area contributed by atoms with E-state index in [-0.39, 0.29) is 12.1 Å². The van der Waals surface area contributed by atoms with Crippen LogP contribution in [0.2, 0.25) is 0 Å². The molecule has 0 bridgehead atoms. The molecule has 1 aromatic heterocycles. The van der Waals surface area contributed by atoms with Crippen LogP contribution in [-0.2, 0) is 4.74 Å². The van der Waals surface area contributed by atoms with E-state index >= 15 is 0 Å². The summed E-state index contributed by atoms with van der Waals surface area (Å²) in [4.78, 5) is 20.9. The number of rotatable bonds is 3. The monoisotopic (exact) mass is 327 g/mol. The Morgan fingerprint density at radius 3 is 2.96 bits per heavy atom. The predicted octanol–water partition coefficient (Wildman–Crippen LogP) is 3.71. The van der Waals surface area contributed by atoms with E-state index in [0.29, 0.717) is 6.61 Å². The Balaban J connectivity index is 2.03. The maximum absolute atomic E-state index is 12.1. The molecule has 3 rings (SSSR count). The molecule has 0 spiro atoms. The van der Waals surface area contributed by atoms with Gasteiger partial charge in [-0.25, -0.2) is 9.78 Å². The van der Waals surface area contributed by atoms with Crippen molar-refractivity contribution in [1.29, 1.82) is 0 Å². The second kappa shape index (κ2) is 6.78. The molecule has 24 heavy (non-hydrogen) atoms. The topological polar surface area (TPSA) is 67.5 Å². The molecule has 0 unspecified atom stereocenters. The van der Waals surface area contributed by atoms with Gasteiger partial charge in [-0.1, -0.05) is 0 Å². The van der Waals surface area contributed by atoms with Gasteiger partial charge in [-0.3, -0.25) is 4.90 Å². The van der Waals surface area contributed by atoms with Crippen LogP contribution in [0, 0.1) is 0 Å². The first-order chi connectivity index (χ1) is 11.6. The number of aromatic amines is 1. The number of imidazole rings is 1. The van der Waals surface area contributed by atoms with Crippen LogP contribution in [-0.4, -0.2) is 35.8 Å². The van der Waals surface area contributed by atoms with Crippen molar-refractivity contribution in [3.63, 3.8) is 0 Å². The van der Waals surface area contributed by atoms with Crippen molar-refractivity contribution in [2.45, 2.75) is 26.3 Å². The molecule has 2 aromatic rings. The van der Waals surface area contributed by atoms with Gasteiger partial charge >= 0.3 is 6.09 Å². The number of carbonyl (C=O) groups is 1. The van der Waals surface area contributed by atoms with Crippen LogP contribution in [0.3, 0.4) is 0 Å². The second-order valence-electron chi connectivity index (χ2n) is 5.89. The fourth-order valence-corrected chi connectivity index (χ4v) is 2.85. The Morgan fingerprint density at radius 1 is 1.46 bits per heavy atom. The van der Waals surface area contributed by atoms with E-state index in [1.54, 1.807) is 17.4 Å². The summed E-state index contributed by atoms with van der Waals surface area (Å²) in [5.41, 5.74) is 3.87. The van der Waals surface area contributed by atoms with Crippen molar-refractivity contribution < 1.29 is 14.3 Å². The molecule has 1 aromatic carbocycles. The van der Waals surface area contributed by atoms with Gasteiger partial charge in [0.2, 0.25) is 0 Å². The SMILES string of the molecule is COC(=O)N(c1ccc2c(c1)/C(=C/c1cnc[nH]1)CCO2)C(C)C. The number of H-pyrrole nitrogens is 1. The molecule has 0 atom stereocenters. The molecule has 6 heteroatoms. The zero-order chi connectivity index (χ0) is 17.1. The first-order valence-corrected chi connectivity index (χ1v) is 7.93. The highest BCUT2D eigenvalue weighted by Crippen LogP contribution is 2.37. The molecule has 0 aliphatic carbocycles. The number of ether oxygens (including phenoxy) is 2. The number of methoxy groups -OCH3 is 1. The lowest BCUT2D eigenvalue weighted by Gasteiger charge is -2.27. The minimum Gasteiger partial charge on any atom is -0.493 e. The van der Waals surface area contributed by atoms with E-state index < -0.39 is 0 Å². The number of hydrogen-bond donors (Lipinski definition) is 1. The summed E-state index contributed by atoms with van der Waals surface area (Å²) in [6.45, 7) is 4.54. The number of nitrogens with zero attached hydrogens (tertiary/aromatic N) is 2. The van der Waals surface area contributed by atoms with Gasteiger partial charge in [0.15, 0.2) is 0 Å². The van der Waals surface area contributed by atoms with Gasteiger partial charge in [0, 0.05) is 23.7 Å². The van der Waals surface area contributed by atoms with Crippen LogP contribution in [0.1, 0.15) is 31.5 Å². The largest absolute Gasteiger partial charge is 0.493 e. The van der Waals surface area contributed by atoms with Crippen molar-refractivity contribution in [2.24, 2.45) is 0 Å². The minimum atomic E-state index is -0.374. The van der Waals surface area contributed by atoms with Gasteiger partial charge in [-0.2, -0.15) is 0 Å². The summed E-state index contributed by atoms with van der Waals surface area (Å²) in [6, 6.07) is 5.76. The molecule has 2 heterocycles. The number of hydrogen-bond acceptors (Lipinski definition) is 4. The molecular formula is C18H21N3O3. The number of aromatic nitrogens is 2. The number of anilines is 1. The van der Waals surface area contributed by atoms with E-state index in [2.05, 4.69) is 16.0 Å². The lowest BCUT2D eigenvalue weighted by atomic mass is 9.97. The number of fused-ring (bicyclic) bond motifs is 1. The molecule has 0 radical (unpaired) electrons. The summed E-state index contributed by atoms with van der Waals surface area (Å²) >= 11 is 0. The standard InChI is InChI=1S/C18H21N3O3/c1-12(2)21(18(22)23-3)15-4-5-17-16(9-15)13(6-7-24-17)8-14-10-19-11-20-14/h4-5,8-12H,6-7H2,1-3H3,(H,19,20)/b13-8+. The predicted molar refractivity (Wildman–Crippen MR) is 93.0 cm³/mol. The fourth-order valence-electron chi connectivity index (χ4n) is 2.85. The Labute approximate surface area is 141 Å². The molecule has 0 fully saturated rings. The molecule has 0 saturated heterocycles. The van der Waals surface area contributed by atoms with E-state index in [9.17, 15) is 4.79 Å². The molecule has 1 aliphatic heterocycles. The second-order valence-corrected chi connectivity index (χ2v) is 5.89. The third-order valence-electron chi connectivity index (χ3n) is 3.95. The number of nitrogens with one attached hydrogen (secondary N) is 1. The average molecular weight is 327 g/mol. The Kier molecular flexibility index (Phi) is 4.55. The lowest BCUT2D eigenvalue weighted by Crippen LogP contribution is -2.37. The van der Waals surface area contributed by atoms with Gasteiger partial charge in [-0.15, -0.1) is 0 Å². The van der Waals surface area contributed by atoms with Crippen LogP contribution in [0.4, 0.5) is 10.5 Å². The molecular weight excluding hydrogens is 306 g/mol. The van der Waals surface area contributed by atoms with Crippen molar-refractivity contribution in [3.05, 3.63) is 42.0 Å². The third kappa shape index (κ3) is 3.13. The Hall–Kier alpha value is -2.76. The Bertz CT molecular complexity index is 751. The first kappa shape index (κ1) is 16.1. The molecule has 1 N–H and O–H groups in total. The van der Waals surface area contributed by atoms with E-state index in [1.165, 1.54) is 7.11 Å². The maximum Gasteiger partial charge on any atom is 0.414 e. The highest BCUT2D eigenvalue weighted by atomic mass is 16.5. The minimum absolute atomic E-state index is 0.0138. The van der Waals surface area contributed by atoms with Crippen molar-refractivity contribution in [2.75, 3.05) is 18.6 Å². The molecule has 6 nitrogen and oxygen atoms in total. The lowest BCUT2D eigenvalue weighted by molar-refractivity contribution is 0.177. The molecule has 1 aliphatic rings. The van der Waals surface area contributed by atoms with Crippen molar-refractivity contribution in [3.8, 4) is 5.75 Å². The molecule has 0 saturated carbocycles. The van der Waals surface area contributed by atoms with Gasteiger partial charge in [0.1, 0.15) is 5.75 Å². The summed E-state index contributed by atoms with van der Waals surface area (Å²) in [7, 11) is 1.39. The van der Waals surface area contributed by atoms with Crippen LogP contribution in [0.5, 0.6) is 5.75 Å². The van der Waals surface area contributed by atoms with Gasteiger partial charge in [0.25, 0.3) is 0 Å². The van der Waals surface area contributed by atoms with Crippen LogP contribution < -0.4 is 9.64 Å². The summed E-state index contributed by atoms with van der Waals surface area (Å²) in [5.74, 6) is 0.823. The average Bonchev–Trinajstić information content (AvgIpc) is 3.08. The first-order valence-electron chi connectivity index (χ1n) is 7.93. The zero-order valence-corrected chi connectivity index (χ0v) is 14.1. The van der Waals surface area contributed by atoms with E-state index in [4.69, 9.17) is 9.47 Å². The number of benzene rings is 1. The third-order valence-corrected chi connectivity index (χ3v) is 3.95. The highest BCUT2D eigenvalue weighted by Gasteiger charge is 2.23. The highest BCUT2D eigenvalue weighted by molar-refractivity contribution is 5.91. The quantitative estimate of drug-likeness (QED) is 0.933. The number of amides is 1. The van der Waals surface area contributed by atoms with Crippen molar-refractivity contribution >= 4 is 23.4 Å². The van der Waals surface area contributed by atoms with Crippen molar-refractivity contribution in [1.82, 2.24) is 9.97 Å². The van der Waals surface area contributed by atoms with Gasteiger partial charge in [0.05, 0.1) is 31.9 Å². The van der Waals surface area contributed by atoms with Crippen LogP contribution in [0.25, 0.3) is 11.6 Å². The fraction of sp³-hybridized carbons (Fsp3) is 0.333. The van der Waals surface area contributed by atoms with E-state index in [0.717, 1.165) is 34.7 Å². The molecule has 126 valence electrons. The molecule has 1 amide bonds. The smallest absolute Gasteiger partial charge is 0.414 e. The van der Waals surface area contributed by atoms with Crippen LogP contribution in [0.15, 0.2) is 30.7 Å². The summed E-state index contributed by atoms with van der Waals surface area (Å²) in [6.07, 6.45) is 5.92. The van der Waals surface area contributed by atoms with Gasteiger partial charge < -0.3 is 14.5 Å². The van der Waals surface area contributed by atoms with E-state index in [1.807, 2.05) is 32.0 Å².